The van der Waals surface area contributed by atoms with Crippen molar-refractivity contribution in [2.45, 2.75) is 59.1 Å². The average molecular weight is 594 g/mol. The van der Waals surface area contributed by atoms with Crippen LogP contribution in [-0.2, 0) is 27.3 Å². The molecule has 0 saturated heterocycles. The number of ether oxygens (including phenoxy) is 2. The van der Waals surface area contributed by atoms with Crippen LogP contribution >= 0.6 is 11.3 Å². The van der Waals surface area contributed by atoms with Gasteiger partial charge in [-0.1, -0.05) is 19.1 Å². The molecule has 3 aromatic heterocycles. The van der Waals surface area contributed by atoms with Crippen LogP contribution in [0.3, 0.4) is 0 Å². The van der Waals surface area contributed by atoms with Gasteiger partial charge in [-0.05, 0) is 62.6 Å². The predicted molar refractivity (Wildman–Crippen MR) is 157 cm³/mol. The number of benzene rings is 1. The minimum absolute atomic E-state index is 0.0315. The summed E-state index contributed by atoms with van der Waals surface area (Å²) in [7, 11) is 0. The number of Topliss-reactive ketones (excluding diaryl/α,β-unsaturated/α-hetero) is 1. The van der Waals surface area contributed by atoms with Gasteiger partial charge in [-0.3, -0.25) is 19.6 Å². The third kappa shape index (κ3) is 8.10. The number of carbonyl (C=O) groups excluding carboxylic acids is 2. The number of hydrogen-bond donors (Lipinski definition) is 1. The van der Waals surface area contributed by atoms with Crippen LogP contribution in [-0.4, -0.2) is 50.0 Å². The highest BCUT2D eigenvalue weighted by atomic mass is 32.1. The van der Waals surface area contributed by atoms with E-state index in [1.165, 1.54) is 29.5 Å². The molecule has 9 nitrogen and oxygen atoms in total. The average Bonchev–Trinajstić information content (AvgIpc) is 3.34. The summed E-state index contributed by atoms with van der Waals surface area (Å²) >= 11 is 1.40. The van der Waals surface area contributed by atoms with Crippen molar-refractivity contribution in [3.05, 3.63) is 71.8 Å². The number of thiophene rings is 1. The van der Waals surface area contributed by atoms with Gasteiger partial charge in [-0.25, -0.2) is 9.18 Å². The first kappa shape index (κ1) is 30.6. The smallest absolute Gasteiger partial charge is 0.410 e. The van der Waals surface area contributed by atoms with E-state index in [0.717, 1.165) is 16.9 Å². The Balaban J connectivity index is 1.50. The number of rotatable bonds is 11. The molecule has 1 amide bonds. The number of carbonyl (C=O) groups is 3. The van der Waals surface area contributed by atoms with E-state index in [0.29, 0.717) is 40.3 Å². The second-order valence-electron chi connectivity index (χ2n) is 10.7. The lowest BCUT2D eigenvalue weighted by Gasteiger charge is -2.27. The number of aromatic nitrogens is 2. The van der Waals surface area contributed by atoms with Crippen LogP contribution in [0.25, 0.3) is 20.8 Å². The molecule has 220 valence electrons. The zero-order chi connectivity index (χ0) is 30.4. The zero-order valence-corrected chi connectivity index (χ0v) is 24.7. The lowest BCUT2D eigenvalue weighted by molar-refractivity contribution is -0.140. The van der Waals surface area contributed by atoms with E-state index in [1.54, 1.807) is 23.4 Å². The molecule has 1 aromatic carbocycles. The number of nitrogens with zero attached hydrogens (tertiary/aromatic N) is 3. The van der Waals surface area contributed by atoms with Gasteiger partial charge < -0.3 is 19.5 Å². The number of amides is 1. The monoisotopic (exact) mass is 593 g/mol. The summed E-state index contributed by atoms with van der Waals surface area (Å²) in [5.74, 6) is -2.02. The fourth-order valence-electron chi connectivity index (χ4n) is 4.15. The molecule has 0 aliphatic rings. The molecule has 0 spiro atoms. The van der Waals surface area contributed by atoms with Crippen LogP contribution < -0.4 is 4.74 Å². The first-order chi connectivity index (χ1) is 19.9. The van der Waals surface area contributed by atoms with Gasteiger partial charge in [0.1, 0.15) is 23.6 Å². The molecule has 11 heteroatoms. The Labute approximate surface area is 246 Å². The Hall–Kier alpha value is -4.38. The lowest BCUT2D eigenvalue weighted by Crippen LogP contribution is -2.36. The minimum Gasteiger partial charge on any atom is -0.481 e. The fourth-order valence-corrected chi connectivity index (χ4v) is 5.19. The lowest BCUT2D eigenvalue weighted by atomic mass is 10.1. The van der Waals surface area contributed by atoms with Crippen molar-refractivity contribution in [3.63, 3.8) is 0 Å². The van der Waals surface area contributed by atoms with Crippen LogP contribution in [0.2, 0.25) is 0 Å². The second kappa shape index (κ2) is 13.1. The van der Waals surface area contributed by atoms with E-state index >= 15 is 0 Å². The summed E-state index contributed by atoms with van der Waals surface area (Å²) in [6, 6.07) is 11.4. The van der Waals surface area contributed by atoms with E-state index in [2.05, 4.69) is 9.97 Å². The minimum atomic E-state index is -1.22. The number of hydrogen-bond acceptors (Lipinski definition) is 8. The van der Waals surface area contributed by atoms with Crippen molar-refractivity contribution in [3.8, 4) is 22.1 Å². The summed E-state index contributed by atoms with van der Waals surface area (Å²) < 4.78 is 26.9. The van der Waals surface area contributed by atoms with Crippen molar-refractivity contribution in [1.82, 2.24) is 14.9 Å². The van der Waals surface area contributed by atoms with Gasteiger partial charge in [-0.2, -0.15) is 0 Å². The third-order valence-corrected chi connectivity index (χ3v) is 7.10. The van der Waals surface area contributed by atoms with E-state index in [-0.39, 0.29) is 18.3 Å². The van der Waals surface area contributed by atoms with Crippen molar-refractivity contribution in [2.24, 2.45) is 0 Å². The standard InChI is InChI=1S/C31H32FN3O6S/c1-5-12-35(30(39)41-31(2,3)4)18-20-6-8-23(34-17-20)27-16-24-29(42-27)26(10-11-33-24)40-25-9-7-19(14-22(25)32)13-21(36)15-28(37)38/h6-11,14,16-17H,5,12-13,15,18H2,1-4H3,(H,37,38). The summed E-state index contributed by atoms with van der Waals surface area (Å²) in [5.41, 5.74) is 2.03. The van der Waals surface area contributed by atoms with Crippen molar-refractivity contribution in [1.29, 1.82) is 0 Å². The maximum atomic E-state index is 14.8. The van der Waals surface area contributed by atoms with Gasteiger partial charge in [0.05, 0.1) is 27.3 Å². The highest BCUT2D eigenvalue weighted by Gasteiger charge is 2.22. The molecule has 0 bridgehead atoms. The molecule has 1 N–H and O–H groups in total. The quantitative estimate of drug-likeness (QED) is 0.184. The number of carboxylic acids is 1. The van der Waals surface area contributed by atoms with Crippen molar-refractivity contribution in [2.75, 3.05) is 6.54 Å². The zero-order valence-electron chi connectivity index (χ0n) is 23.8. The van der Waals surface area contributed by atoms with Gasteiger partial charge in [0.15, 0.2) is 11.6 Å². The highest BCUT2D eigenvalue weighted by molar-refractivity contribution is 7.22. The number of aliphatic carboxylic acids is 1. The van der Waals surface area contributed by atoms with Crippen LogP contribution in [0.15, 0.2) is 54.9 Å². The number of carboxylic acid groups (broad SMARTS) is 1. The molecule has 4 rings (SSSR count). The van der Waals surface area contributed by atoms with Gasteiger partial charge in [0.2, 0.25) is 0 Å². The summed E-state index contributed by atoms with van der Waals surface area (Å²) in [5, 5.41) is 8.76. The first-order valence-corrected chi connectivity index (χ1v) is 14.2. The number of pyridine rings is 2. The molecular weight excluding hydrogens is 561 g/mol. The third-order valence-electron chi connectivity index (χ3n) is 5.94. The normalized spacial score (nSPS) is 11.4. The van der Waals surface area contributed by atoms with Crippen LogP contribution in [0.1, 0.15) is 51.7 Å². The molecule has 0 unspecified atom stereocenters. The van der Waals surface area contributed by atoms with Gasteiger partial charge >= 0.3 is 12.1 Å². The Morgan fingerprint density at radius 3 is 2.43 bits per heavy atom. The Bertz CT molecular complexity index is 1600. The predicted octanol–water partition coefficient (Wildman–Crippen LogP) is 7.02. The molecular formula is C31H32FN3O6S. The van der Waals surface area contributed by atoms with Crippen molar-refractivity contribution < 1.29 is 33.4 Å². The molecule has 0 aliphatic carbocycles. The van der Waals surface area contributed by atoms with E-state index in [1.807, 2.05) is 45.9 Å². The maximum Gasteiger partial charge on any atom is 0.410 e. The van der Waals surface area contributed by atoms with Crippen LogP contribution in [0.4, 0.5) is 9.18 Å². The highest BCUT2D eigenvalue weighted by Crippen LogP contribution is 2.39. The van der Waals surface area contributed by atoms with E-state index in [4.69, 9.17) is 14.6 Å². The fraction of sp³-hybridized carbons (Fsp3) is 0.323. The SMILES string of the molecule is CCCN(Cc1ccc(-c2cc3nccc(Oc4ccc(CC(=O)CC(=O)O)cc4F)c3s2)nc1)C(=O)OC(C)(C)C. The Morgan fingerprint density at radius 2 is 1.79 bits per heavy atom. The van der Waals surface area contributed by atoms with E-state index in [9.17, 15) is 18.8 Å². The van der Waals surface area contributed by atoms with Gasteiger partial charge in [-0.15, -0.1) is 11.3 Å². The molecule has 0 saturated carbocycles. The largest absolute Gasteiger partial charge is 0.481 e. The second-order valence-corrected chi connectivity index (χ2v) is 11.8. The molecule has 4 aromatic rings. The van der Waals surface area contributed by atoms with Gasteiger partial charge in [0, 0.05) is 31.4 Å². The van der Waals surface area contributed by atoms with Crippen molar-refractivity contribution >= 4 is 39.4 Å². The topological polar surface area (TPSA) is 119 Å². The first-order valence-electron chi connectivity index (χ1n) is 13.4. The van der Waals surface area contributed by atoms with Gasteiger partial charge in [0.25, 0.3) is 0 Å². The summed E-state index contributed by atoms with van der Waals surface area (Å²) in [4.78, 5) is 46.6. The number of ketones is 1. The molecule has 3 heterocycles. The van der Waals surface area contributed by atoms with Crippen LogP contribution in [0, 0.1) is 5.82 Å². The maximum absolute atomic E-state index is 14.8. The van der Waals surface area contributed by atoms with E-state index < -0.39 is 29.6 Å². The Kier molecular flexibility index (Phi) is 9.52. The van der Waals surface area contributed by atoms with Crippen LogP contribution in [0.5, 0.6) is 11.5 Å². The summed E-state index contributed by atoms with van der Waals surface area (Å²) in [6.45, 7) is 8.45. The summed E-state index contributed by atoms with van der Waals surface area (Å²) in [6.07, 6.45) is 2.94. The molecule has 0 radical (unpaired) electrons. The molecule has 42 heavy (non-hydrogen) atoms. The number of halogens is 1. The number of fused-ring (bicyclic) bond motifs is 1. The molecule has 0 fully saturated rings. The molecule has 0 aliphatic heterocycles. The Morgan fingerprint density at radius 1 is 1.02 bits per heavy atom. The molecule has 0 atom stereocenters.